The summed E-state index contributed by atoms with van der Waals surface area (Å²) >= 11 is 0. The number of pyridine rings is 1. The van der Waals surface area contributed by atoms with Gasteiger partial charge in [-0.05, 0) is 105 Å². The number of nitrogens with zero attached hydrogens (tertiary/aromatic N) is 2. The van der Waals surface area contributed by atoms with Gasteiger partial charge in [0, 0.05) is 11.8 Å². The van der Waals surface area contributed by atoms with Gasteiger partial charge in [-0.2, -0.15) is 0 Å². The Morgan fingerprint density at radius 2 is 1.33 bits per heavy atom. The van der Waals surface area contributed by atoms with Gasteiger partial charge in [0.25, 0.3) is 0 Å². The lowest BCUT2D eigenvalue weighted by atomic mass is 9.83. The molecule has 4 heteroatoms. The second-order valence-corrected chi connectivity index (χ2v) is 15.9. The minimum Gasteiger partial charge on any atom is -0.507 e. The summed E-state index contributed by atoms with van der Waals surface area (Å²) in [5.74, 6) is 0.832. The fraction of sp³-hybridized carbons (Fsp3) is 0.333. The molecule has 0 aliphatic heterocycles. The maximum absolute atomic E-state index is 11.8. The topological polar surface area (TPSA) is 60.2 Å². The number of para-hydroxylation sites is 2. The Hall–Kier alpha value is -4.70. The van der Waals surface area contributed by atoms with Gasteiger partial charge in [-0.25, -0.2) is 0 Å². The molecule has 0 amide bonds. The van der Waals surface area contributed by atoms with Crippen LogP contribution in [0.5, 0.6) is 5.75 Å². The number of amidine groups is 1. The van der Waals surface area contributed by atoms with Crippen molar-refractivity contribution in [3.05, 3.63) is 131 Å². The van der Waals surface area contributed by atoms with Gasteiger partial charge in [0.15, 0.2) is 0 Å². The fourth-order valence-corrected chi connectivity index (χ4v) is 6.66. The molecular formula is C45H53N3O. The highest BCUT2D eigenvalue weighted by Crippen LogP contribution is 2.45. The van der Waals surface area contributed by atoms with Gasteiger partial charge in [0.2, 0.25) is 0 Å². The molecular weight excluding hydrogens is 599 g/mol. The second-order valence-electron chi connectivity index (χ2n) is 15.9. The Labute approximate surface area is 294 Å². The van der Waals surface area contributed by atoms with E-state index in [1.165, 1.54) is 16.7 Å². The van der Waals surface area contributed by atoms with Crippen molar-refractivity contribution in [1.29, 1.82) is 5.41 Å². The van der Waals surface area contributed by atoms with Gasteiger partial charge >= 0.3 is 0 Å². The van der Waals surface area contributed by atoms with Crippen LogP contribution < -0.4 is 4.90 Å². The van der Waals surface area contributed by atoms with Gasteiger partial charge in [-0.15, -0.1) is 0 Å². The van der Waals surface area contributed by atoms with E-state index in [1.807, 2.05) is 36.5 Å². The summed E-state index contributed by atoms with van der Waals surface area (Å²) < 4.78 is 0. The van der Waals surface area contributed by atoms with Crippen molar-refractivity contribution in [3.63, 3.8) is 0 Å². The Morgan fingerprint density at radius 1 is 0.714 bits per heavy atom. The van der Waals surface area contributed by atoms with E-state index >= 15 is 0 Å². The largest absolute Gasteiger partial charge is 0.507 e. The summed E-state index contributed by atoms with van der Waals surface area (Å²) in [6.45, 7) is 24.0. The molecule has 254 valence electrons. The molecule has 4 nitrogen and oxygen atoms in total. The molecule has 49 heavy (non-hydrogen) atoms. The third-order valence-electron chi connectivity index (χ3n) is 9.51. The normalized spacial score (nSPS) is 12.1. The summed E-state index contributed by atoms with van der Waals surface area (Å²) in [4.78, 5) is 6.79. The standard InChI is InChI=1S/C45H53N3O/c1-28(2)34-17-14-18-35(29(3)4)41(34)48(43(46)37-20-15-21-38(42(37)49)45(9,10)11)40-23-16-19-36(30(40)5)31-25-32(39-22-12-13-24-47-39)27-33(26-31)44(6,7)8/h12-29,46,49H,1-11H3. The predicted octanol–water partition coefficient (Wildman–Crippen LogP) is 12.4. The minimum absolute atomic E-state index is 0.0722. The average Bonchev–Trinajstić information content (AvgIpc) is 3.04. The van der Waals surface area contributed by atoms with Crippen molar-refractivity contribution < 1.29 is 5.11 Å². The Bertz CT molecular complexity index is 1950. The van der Waals surface area contributed by atoms with Crippen LogP contribution in [0.15, 0.2) is 97.2 Å². The van der Waals surface area contributed by atoms with E-state index in [9.17, 15) is 10.5 Å². The molecule has 2 N–H and O–H groups in total. The molecule has 0 aliphatic carbocycles. The molecule has 0 fully saturated rings. The summed E-state index contributed by atoms with van der Waals surface area (Å²) in [5, 5.41) is 21.7. The first-order chi connectivity index (χ1) is 23.0. The van der Waals surface area contributed by atoms with Crippen LogP contribution in [0.4, 0.5) is 11.4 Å². The first kappa shape index (κ1) is 35.6. The van der Waals surface area contributed by atoms with E-state index in [1.54, 1.807) is 0 Å². The third kappa shape index (κ3) is 7.20. The zero-order valence-corrected chi connectivity index (χ0v) is 31.2. The summed E-state index contributed by atoms with van der Waals surface area (Å²) in [7, 11) is 0. The van der Waals surface area contributed by atoms with Crippen LogP contribution in [0.25, 0.3) is 22.4 Å². The maximum Gasteiger partial charge on any atom is 0.141 e. The third-order valence-corrected chi connectivity index (χ3v) is 9.51. The Morgan fingerprint density at radius 3 is 1.90 bits per heavy atom. The first-order valence-electron chi connectivity index (χ1n) is 17.5. The number of anilines is 2. The van der Waals surface area contributed by atoms with E-state index in [-0.39, 0.29) is 34.3 Å². The molecule has 5 rings (SSSR count). The molecule has 5 aromatic rings. The second kappa shape index (κ2) is 13.7. The first-order valence-corrected chi connectivity index (χ1v) is 17.5. The number of hydrogen-bond acceptors (Lipinski definition) is 3. The molecule has 0 unspecified atom stereocenters. The van der Waals surface area contributed by atoms with E-state index in [0.717, 1.165) is 44.9 Å². The molecule has 0 spiro atoms. The molecule has 0 radical (unpaired) electrons. The molecule has 1 heterocycles. The highest BCUT2D eigenvalue weighted by molar-refractivity contribution is 6.15. The van der Waals surface area contributed by atoms with Crippen LogP contribution in [-0.4, -0.2) is 15.9 Å². The zero-order chi connectivity index (χ0) is 35.8. The summed E-state index contributed by atoms with van der Waals surface area (Å²) in [5.41, 5.74) is 11.7. The van der Waals surface area contributed by atoms with Crippen LogP contribution >= 0.6 is 0 Å². The number of aromatic hydroxyl groups is 1. The van der Waals surface area contributed by atoms with Crippen molar-refractivity contribution in [2.24, 2.45) is 0 Å². The molecule has 0 aliphatic rings. The Balaban J connectivity index is 1.83. The van der Waals surface area contributed by atoms with E-state index < -0.39 is 0 Å². The molecule has 0 atom stereocenters. The average molecular weight is 652 g/mol. The SMILES string of the molecule is Cc1c(-c2cc(-c3ccccn3)cc(C(C)(C)C)c2)cccc1N(C(=N)c1cccc(C(C)(C)C)c1O)c1c(C(C)C)cccc1C(C)C. The molecule has 1 aromatic heterocycles. The van der Waals surface area contributed by atoms with Gasteiger partial charge in [-0.1, -0.05) is 124 Å². The van der Waals surface area contributed by atoms with Gasteiger partial charge in [-0.3, -0.25) is 15.3 Å². The fourth-order valence-electron chi connectivity index (χ4n) is 6.66. The minimum atomic E-state index is -0.288. The molecule has 4 aromatic carbocycles. The van der Waals surface area contributed by atoms with Crippen LogP contribution in [-0.2, 0) is 10.8 Å². The predicted molar refractivity (Wildman–Crippen MR) is 209 cm³/mol. The highest BCUT2D eigenvalue weighted by Gasteiger charge is 2.30. The number of hydrogen-bond donors (Lipinski definition) is 2. The van der Waals surface area contributed by atoms with Crippen molar-refractivity contribution in [1.82, 2.24) is 4.98 Å². The number of nitrogens with one attached hydrogen (secondary N) is 1. The quantitative estimate of drug-likeness (QED) is 0.136. The number of aromatic nitrogens is 1. The highest BCUT2D eigenvalue weighted by atomic mass is 16.3. The van der Waals surface area contributed by atoms with Crippen LogP contribution in [0.1, 0.15) is 114 Å². The van der Waals surface area contributed by atoms with Crippen LogP contribution in [0.3, 0.4) is 0 Å². The molecule has 0 bridgehead atoms. The van der Waals surface area contributed by atoms with Crippen molar-refractivity contribution in [3.8, 4) is 28.1 Å². The monoisotopic (exact) mass is 651 g/mol. The van der Waals surface area contributed by atoms with E-state index in [2.05, 4.69) is 142 Å². The zero-order valence-electron chi connectivity index (χ0n) is 31.2. The van der Waals surface area contributed by atoms with Gasteiger partial charge in [0.05, 0.1) is 22.6 Å². The van der Waals surface area contributed by atoms with E-state index in [0.29, 0.717) is 5.56 Å². The number of phenolic OH excluding ortho intramolecular Hbond substituents is 1. The van der Waals surface area contributed by atoms with Gasteiger partial charge in [0.1, 0.15) is 11.6 Å². The van der Waals surface area contributed by atoms with E-state index in [4.69, 9.17) is 4.98 Å². The number of benzene rings is 4. The molecule has 0 saturated heterocycles. The Kier molecular flexibility index (Phi) is 9.93. The van der Waals surface area contributed by atoms with Crippen LogP contribution in [0.2, 0.25) is 0 Å². The lowest BCUT2D eigenvalue weighted by molar-refractivity contribution is 0.445. The lowest BCUT2D eigenvalue weighted by Gasteiger charge is -2.34. The lowest BCUT2D eigenvalue weighted by Crippen LogP contribution is -2.30. The number of phenols is 1. The van der Waals surface area contributed by atoms with Crippen molar-refractivity contribution in [2.75, 3.05) is 4.90 Å². The smallest absolute Gasteiger partial charge is 0.141 e. The summed E-state index contributed by atoms with van der Waals surface area (Å²) in [6, 6.07) is 31.5. The van der Waals surface area contributed by atoms with Gasteiger partial charge < -0.3 is 5.11 Å². The maximum atomic E-state index is 11.8. The van der Waals surface area contributed by atoms with Crippen molar-refractivity contribution in [2.45, 2.75) is 98.8 Å². The van der Waals surface area contributed by atoms with Crippen LogP contribution in [0, 0.1) is 12.3 Å². The van der Waals surface area contributed by atoms with Crippen molar-refractivity contribution >= 4 is 17.2 Å². The number of rotatable bonds is 7. The summed E-state index contributed by atoms with van der Waals surface area (Å²) in [6.07, 6.45) is 1.84. The molecule has 0 saturated carbocycles.